The molecule has 0 radical (unpaired) electrons. The minimum absolute atomic E-state index is 0.172. The van der Waals surface area contributed by atoms with Gasteiger partial charge in [-0.15, -0.1) is 10.7 Å². The number of aromatic hydroxyl groups is 2. The first-order valence-electron chi connectivity index (χ1n) is 8.14. The number of nitrogens with zero attached hydrogens (tertiary/aromatic N) is 1. The zero-order chi connectivity index (χ0) is 20.1. The van der Waals surface area contributed by atoms with Crippen molar-refractivity contribution in [3.05, 3.63) is 80.4 Å². The molecule has 0 aliphatic heterocycles. The highest BCUT2D eigenvalue weighted by Gasteiger charge is 2.17. The Morgan fingerprint density at radius 2 is 1.57 bits per heavy atom. The second-order valence-electron chi connectivity index (χ2n) is 5.62. The lowest BCUT2D eigenvalue weighted by Crippen LogP contribution is -2.20. The van der Waals surface area contributed by atoms with Crippen molar-refractivity contribution in [3.8, 4) is 35.4 Å². The van der Waals surface area contributed by atoms with Crippen LogP contribution in [0.15, 0.2) is 54.6 Å². The van der Waals surface area contributed by atoms with Crippen LogP contribution in [0, 0.1) is 27.3 Å². The van der Waals surface area contributed by atoms with Crippen LogP contribution in [0.3, 0.4) is 0 Å². The van der Waals surface area contributed by atoms with E-state index in [-0.39, 0.29) is 5.56 Å². The predicted molar refractivity (Wildman–Crippen MR) is 113 cm³/mol. The number of aromatic nitrogens is 1. The molecule has 2 aromatic carbocycles. The lowest BCUT2D eigenvalue weighted by atomic mass is 10.0. The molecule has 0 fully saturated rings. The van der Waals surface area contributed by atoms with Gasteiger partial charge >= 0.3 is 5.97 Å². The Labute approximate surface area is 175 Å². The molecular formula is C22H14INO4. The summed E-state index contributed by atoms with van der Waals surface area (Å²) in [4.78, 5) is 17.8. The van der Waals surface area contributed by atoms with Gasteiger partial charge in [0.15, 0.2) is 0 Å². The first-order chi connectivity index (χ1) is 13.5. The molecule has 0 amide bonds. The van der Waals surface area contributed by atoms with Crippen molar-refractivity contribution < 1.29 is 19.8 Å². The van der Waals surface area contributed by atoms with Crippen LogP contribution in [0.2, 0.25) is 0 Å². The molecule has 0 saturated heterocycles. The van der Waals surface area contributed by atoms with Gasteiger partial charge in [-0.1, -0.05) is 17.8 Å². The standard InChI is InChI=1S/C22H14INO4/c1-2-3-16-5-9-17(8-4-15-6-10-18(23)11-7-15)19(14-16)22(27)28-24-20(25)12-13-21(24)26/h5-7,9-14,25-26H,1H3. The molecule has 1 heterocycles. The lowest BCUT2D eigenvalue weighted by Gasteiger charge is -2.08. The van der Waals surface area contributed by atoms with Crippen molar-refractivity contribution in [1.82, 2.24) is 4.73 Å². The van der Waals surface area contributed by atoms with Crippen LogP contribution >= 0.6 is 22.6 Å². The average Bonchev–Trinajstić information content (AvgIpc) is 3.00. The van der Waals surface area contributed by atoms with Gasteiger partial charge < -0.3 is 15.1 Å². The average molecular weight is 483 g/mol. The summed E-state index contributed by atoms with van der Waals surface area (Å²) in [6.07, 6.45) is 0. The van der Waals surface area contributed by atoms with Crippen molar-refractivity contribution in [1.29, 1.82) is 0 Å². The third-order valence-electron chi connectivity index (χ3n) is 3.67. The van der Waals surface area contributed by atoms with E-state index in [2.05, 4.69) is 46.3 Å². The molecule has 3 aromatic rings. The molecule has 5 nitrogen and oxygen atoms in total. The van der Waals surface area contributed by atoms with Gasteiger partial charge in [-0.25, -0.2) is 4.79 Å². The largest absolute Gasteiger partial charge is 0.492 e. The molecule has 28 heavy (non-hydrogen) atoms. The second-order valence-corrected chi connectivity index (χ2v) is 6.86. The molecule has 3 rings (SSSR count). The third kappa shape index (κ3) is 4.48. The summed E-state index contributed by atoms with van der Waals surface area (Å²) in [5.41, 5.74) is 2.04. The maximum absolute atomic E-state index is 12.7. The number of rotatable bonds is 2. The topological polar surface area (TPSA) is 71.7 Å². The Morgan fingerprint density at radius 3 is 2.21 bits per heavy atom. The molecule has 1 aromatic heterocycles. The first-order valence-corrected chi connectivity index (χ1v) is 9.22. The Hall–Kier alpha value is -3.36. The monoisotopic (exact) mass is 483 g/mol. The van der Waals surface area contributed by atoms with Crippen LogP contribution in [0.4, 0.5) is 0 Å². The summed E-state index contributed by atoms with van der Waals surface area (Å²) in [6.45, 7) is 1.69. The van der Waals surface area contributed by atoms with Gasteiger partial charge in [0, 0.05) is 32.4 Å². The smallest absolute Gasteiger partial charge is 0.365 e. The third-order valence-corrected chi connectivity index (χ3v) is 4.39. The van der Waals surface area contributed by atoms with Gasteiger partial charge in [-0.05, 0) is 72.0 Å². The molecule has 138 valence electrons. The maximum Gasteiger partial charge on any atom is 0.365 e. The zero-order valence-electron chi connectivity index (χ0n) is 14.7. The molecule has 0 unspecified atom stereocenters. The molecule has 0 aliphatic carbocycles. The molecule has 0 saturated carbocycles. The molecule has 0 atom stereocenters. The van der Waals surface area contributed by atoms with Crippen LogP contribution in [-0.2, 0) is 0 Å². The molecule has 6 heteroatoms. The minimum atomic E-state index is -0.784. The minimum Gasteiger partial charge on any atom is -0.492 e. The molecule has 0 aliphatic rings. The maximum atomic E-state index is 12.7. The van der Waals surface area contributed by atoms with Crippen molar-refractivity contribution >= 4 is 28.6 Å². The van der Waals surface area contributed by atoms with Crippen LogP contribution < -0.4 is 4.84 Å². The summed E-state index contributed by atoms with van der Waals surface area (Å²) in [5, 5.41) is 19.4. The van der Waals surface area contributed by atoms with Crippen molar-refractivity contribution in [2.24, 2.45) is 0 Å². The van der Waals surface area contributed by atoms with Gasteiger partial charge in [-0.3, -0.25) is 0 Å². The second kappa shape index (κ2) is 8.55. The fourth-order valence-electron chi connectivity index (χ4n) is 2.34. The molecule has 2 N–H and O–H groups in total. The van der Waals surface area contributed by atoms with Gasteiger partial charge in [0.25, 0.3) is 0 Å². The van der Waals surface area contributed by atoms with E-state index >= 15 is 0 Å². The number of carbonyl (C=O) groups excluding carboxylic acids is 1. The molecule has 0 bridgehead atoms. The summed E-state index contributed by atoms with van der Waals surface area (Å²) in [5.74, 6) is 10.1. The Balaban J connectivity index is 1.99. The Morgan fingerprint density at radius 1 is 0.929 bits per heavy atom. The lowest BCUT2D eigenvalue weighted by molar-refractivity contribution is 0.0381. The van der Waals surface area contributed by atoms with E-state index < -0.39 is 17.7 Å². The predicted octanol–water partition coefficient (Wildman–Crippen LogP) is 3.54. The van der Waals surface area contributed by atoms with Crippen LogP contribution in [0.5, 0.6) is 11.8 Å². The van der Waals surface area contributed by atoms with Crippen LogP contribution in [-0.4, -0.2) is 20.9 Å². The highest BCUT2D eigenvalue weighted by Crippen LogP contribution is 2.20. The van der Waals surface area contributed by atoms with Gasteiger partial charge in [-0.2, -0.15) is 0 Å². The Kier molecular flexibility index (Phi) is 5.93. The molecule has 0 spiro atoms. The van der Waals surface area contributed by atoms with Crippen molar-refractivity contribution in [3.63, 3.8) is 0 Å². The van der Waals surface area contributed by atoms with E-state index in [1.165, 1.54) is 12.1 Å². The zero-order valence-corrected chi connectivity index (χ0v) is 16.9. The summed E-state index contributed by atoms with van der Waals surface area (Å²) in [7, 11) is 0. The highest BCUT2D eigenvalue weighted by molar-refractivity contribution is 14.1. The van der Waals surface area contributed by atoms with E-state index in [4.69, 9.17) is 4.84 Å². The number of halogens is 1. The Bertz CT molecular complexity index is 1140. The number of hydrogen-bond donors (Lipinski definition) is 2. The summed E-state index contributed by atoms with van der Waals surface area (Å²) in [6, 6.07) is 15.1. The summed E-state index contributed by atoms with van der Waals surface area (Å²) < 4.78 is 1.73. The van der Waals surface area contributed by atoms with Gasteiger partial charge in [0.2, 0.25) is 11.8 Å². The normalized spacial score (nSPS) is 9.64. The SMILES string of the molecule is CC#Cc1ccc(C#Cc2ccc(I)cc2)c(C(=O)On2c(O)ccc2O)c1. The fraction of sp³-hybridized carbons (Fsp3) is 0.0455. The van der Waals surface area contributed by atoms with E-state index in [0.717, 1.165) is 9.13 Å². The van der Waals surface area contributed by atoms with E-state index in [9.17, 15) is 15.0 Å². The van der Waals surface area contributed by atoms with Crippen LogP contribution in [0.25, 0.3) is 0 Å². The van der Waals surface area contributed by atoms with Crippen molar-refractivity contribution in [2.45, 2.75) is 6.92 Å². The summed E-state index contributed by atoms with van der Waals surface area (Å²) >= 11 is 2.21. The first kappa shape index (κ1) is 19.4. The van der Waals surface area contributed by atoms with Crippen LogP contribution in [0.1, 0.15) is 34.0 Å². The van der Waals surface area contributed by atoms with E-state index in [1.807, 2.05) is 24.3 Å². The number of carbonyl (C=O) groups is 1. The number of hydrogen-bond acceptors (Lipinski definition) is 4. The number of benzene rings is 2. The highest BCUT2D eigenvalue weighted by atomic mass is 127. The molecular weight excluding hydrogens is 469 g/mol. The quantitative estimate of drug-likeness (QED) is 0.432. The fourth-order valence-corrected chi connectivity index (χ4v) is 2.70. The van der Waals surface area contributed by atoms with Gasteiger partial charge in [0.05, 0.1) is 5.56 Å². The van der Waals surface area contributed by atoms with Crippen molar-refractivity contribution in [2.75, 3.05) is 0 Å². The van der Waals surface area contributed by atoms with E-state index in [0.29, 0.717) is 15.9 Å². The van der Waals surface area contributed by atoms with Gasteiger partial charge in [0.1, 0.15) is 0 Å². The van der Waals surface area contributed by atoms with E-state index in [1.54, 1.807) is 25.1 Å².